The Balaban J connectivity index is 1.70. The van der Waals surface area contributed by atoms with E-state index in [0.29, 0.717) is 32.0 Å². The van der Waals surface area contributed by atoms with Crippen LogP contribution in [0.15, 0.2) is 0 Å². The highest BCUT2D eigenvalue weighted by atomic mass is 16.5. The molecular formula is C18H31N3O4. The van der Waals surface area contributed by atoms with E-state index in [1.807, 2.05) is 4.90 Å². The van der Waals surface area contributed by atoms with Gasteiger partial charge in [0.05, 0.1) is 6.61 Å². The molecule has 1 atom stereocenters. The molecule has 7 nitrogen and oxygen atoms in total. The molecule has 3 amide bonds. The van der Waals surface area contributed by atoms with Crippen LogP contribution in [0.3, 0.4) is 0 Å². The zero-order valence-corrected chi connectivity index (χ0v) is 15.5. The van der Waals surface area contributed by atoms with Crippen molar-refractivity contribution in [3.63, 3.8) is 0 Å². The monoisotopic (exact) mass is 353 g/mol. The molecule has 2 rings (SSSR count). The Labute approximate surface area is 150 Å². The fourth-order valence-corrected chi connectivity index (χ4v) is 3.46. The number of carbonyl (C=O) groups excluding carboxylic acids is 3. The van der Waals surface area contributed by atoms with E-state index in [1.165, 1.54) is 6.42 Å². The summed E-state index contributed by atoms with van der Waals surface area (Å²) in [5, 5.41) is 2.68. The third-order valence-corrected chi connectivity index (χ3v) is 5.05. The van der Waals surface area contributed by atoms with Crippen molar-refractivity contribution in [3.05, 3.63) is 0 Å². The molecule has 0 saturated carbocycles. The number of nitrogens with one attached hydrogen (secondary N) is 1. The van der Waals surface area contributed by atoms with Crippen molar-refractivity contribution >= 4 is 17.9 Å². The number of esters is 1. The number of rotatable bonds is 5. The van der Waals surface area contributed by atoms with E-state index in [9.17, 15) is 14.4 Å². The molecule has 2 fully saturated rings. The summed E-state index contributed by atoms with van der Waals surface area (Å²) in [6.45, 7) is 6.70. The Morgan fingerprint density at radius 3 is 2.28 bits per heavy atom. The van der Waals surface area contributed by atoms with Crippen LogP contribution in [0.4, 0.5) is 4.79 Å². The molecule has 25 heavy (non-hydrogen) atoms. The lowest BCUT2D eigenvalue weighted by atomic mass is 9.92. The van der Waals surface area contributed by atoms with Gasteiger partial charge in [0.25, 0.3) is 0 Å². The lowest BCUT2D eigenvalue weighted by Crippen LogP contribution is -2.49. The van der Waals surface area contributed by atoms with Crippen molar-refractivity contribution in [3.8, 4) is 0 Å². The van der Waals surface area contributed by atoms with Crippen molar-refractivity contribution in [2.24, 2.45) is 5.92 Å². The van der Waals surface area contributed by atoms with Gasteiger partial charge in [0, 0.05) is 32.6 Å². The molecule has 2 aliphatic heterocycles. The second-order valence-corrected chi connectivity index (χ2v) is 7.00. The molecule has 0 aromatic heterocycles. The highest BCUT2D eigenvalue weighted by Gasteiger charge is 2.28. The quantitative estimate of drug-likeness (QED) is 0.764. The standard InChI is InChI=1S/C18H31N3O4/c1-3-25-17(23)14(2)19-18(24)21-11-7-15(8-12-21)13-16(22)20-9-5-4-6-10-20/h14-15H,3-13H2,1-2H3,(H,19,24)/t14-/m0/s1. The maximum Gasteiger partial charge on any atom is 0.328 e. The largest absolute Gasteiger partial charge is 0.464 e. The third kappa shape index (κ3) is 5.90. The molecular weight excluding hydrogens is 322 g/mol. The van der Waals surface area contributed by atoms with Crippen molar-refractivity contribution in [2.75, 3.05) is 32.8 Å². The third-order valence-electron chi connectivity index (χ3n) is 5.05. The van der Waals surface area contributed by atoms with Crippen molar-refractivity contribution in [1.82, 2.24) is 15.1 Å². The number of hydrogen-bond donors (Lipinski definition) is 1. The number of ether oxygens (including phenoxy) is 1. The summed E-state index contributed by atoms with van der Waals surface area (Å²) in [5.41, 5.74) is 0. The molecule has 0 unspecified atom stereocenters. The number of likely N-dealkylation sites (tertiary alicyclic amines) is 2. The summed E-state index contributed by atoms with van der Waals surface area (Å²) in [7, 11) is 0. The summed E-state index contributed by atoms with van der Waals surface area (Å²) in [6, 6.07) is -0.882. The van der Waals surface area contributed by atoms with E-state index in [-0.39, 0.29) is 11.9 Å². The van der Waals surface area contributed by atoms with Crippen LogP contribution in [0.5, 0.6) is 0 Å². The average Bonchev–Trinajstić information content (AvgIpc) is 2.63. The lowest BCUT2D eigenvalue weighted by Gasteiger charge is -2.34. The first-order valence-corrected chi connectivity index (χ1v) is 9.51. The van der Waals surface area contributed by atoms with Gasteiger partial charge < -0.3 is 19.9 Å². The Hall–Kier alpha value is -1.79. The minimum absolute atomic E-state index is 0.235. The van der Waals surface area contributed by atoms with Crippen LogP contribution >= 0.6 is 0 Å². The number of hydrogen-bond acceptors (Lipinski definition) is 4. The topological polar surface area (TPSA) is 79.0 Å². The SMILES string of the molecule is CCOC(=O)[C@H](C)NC(=O)N1CCC(CC(=O)N2CCCCC2)CC1. The zero-order valence-electron chi connectivity index (χ0n) is 15.5. The Morgan fingerprint density at radius 1 is 1.04 bits per heavy atom. The van der Waals surface area contributed by atoms with Gasteiger partial charge >= 0.3 is 12.0 Å². The molecule has 0 aliphatic carbocycles. The molecule has 2 aliphatic rings. The maximum absolute atomic E-state index is 12.3. The summed E-state index contributed by atoms with van der Waals surface area (Å²) in [5.74, 6) is 0.192. The summed E-state index contributed by atoms with van der Waals surface area (Å²) in [4.78, 5) is 39.9. The maximum atomic E-state index is 12.3. The highest BCUT2D eigenvalue weighted by Crippen LogP contribution is 2.22. The first kappa shape index (κ1) is 19.5. The molecule has 2 saturated heterocycles. The molecule has 0 aromatic rings. The average molecular weight is 353 g/mol. The van der Waals surface area contributed by atoms with E-state index in [1.54, 1.807) is 18.7 Å². The molecule has 2 heterocycles. The molecule has 7 heteroatoms. The predicted octanol–water partition coefficient (Wildman–Crippen LogP) is 1.76. The Kier molecular flexibility index (Phi) is 7.52. The first-order valence-electron chi connectivity index (χ1n) is 9.51. The van der Waals surface area contributed by atoms with E-state index >= 15 is 0 Å². The fourth-order valence-electron chi connectivity index (χ4n) is 3.46. The summed E-state index contributed by atoms with van der Waals surface area (Å²) in [6.07, 6.45) is 5.71. The van der Waals surface area contributed by atoms with E-state index in [4.69, 9.17) is 4.74 Å². The van der Waals surface area contributed by atoms with Crippen LogP contribution in [-0.4, -0.2) is 66.5 Å². The van der Waals surface area contributed by atoms with Gasteiger partial charge in [-0.25, -0.2) is 9.59 Å². The van der Waals surface area contributed by atoms with Gasteiger partial charge in [-0.2, -0.15) is 0 Å². The lowest BCUT2D eigenvalue weighted by molar-refractivity contribution is -0.145. The second kappa shape index (κ2) is 9.63. The van der Waals surface area contributed by atoms with Crippen molar-refractivity contribution in [2.45, 2.75) is 58.4 Å². The molecule has 0 radical (unpaired) electrons. The molecule has 0 spiro atoms. The zero-order chi connectivity index (χ0) is 18.2. The fraction of sp³-hybridized carbons (Fsp3) is 0.833. The first-order chi connectivity index (χ1) is 12.0. The van der Waals surface area contributed by atoms with Gasteiger partial charge in [-0.15, -0.1) is 0 Å². The van der Waals surface area contributed by atoms with Crippen molar-refractivity contribution < 1.29 is 19.1 Å². The minimum atomic E-state index is -0.647. The van der Waals surface area contributed by atoms with Crippen LogP contribution in [0.1, 0.15) is 52.4 Å². The number of urea groups is 1. The van der Waals surface area contributed by atoms with Crippen molar-refractivity contribution in [1.29, 1.82) is 0 Å². The van der Waals surface area contributed by atoms with Crippen LogP contribution in [0, 0.1) is 5.92 Å². The summed E-state index contributed by atoms with van der Waals surface area (Å²) >= 11 is 0. The van der Waals surface area contributed by atoms with Crippen LogP contribution in [0.2, 0.25) is 0 Å². The molecule has 0 aromatic carbocycles. The van der Waals surface area contributed by atoms with Gasteiger partial charge in [-0.05, 0) is 51.9 Å². The van der Waals surface area contributed by atoms with Gasteiger partial charge in [-0.3, -0.25) is 4.79 Å². The minimum Gasteiger partial charge on any atom is -0.464 e. The Bertz CT molecular complexity index is 469. The number of piperidine rings is 2. The highest BCUT2D eigenvalue weighted by molar-refractivity contribution is 5.83. The molecule has 0 bridgehead atoms. The van der Waals surface area contributed by atoms with Gasteiger partial charge in [0.1, 0.15) is 6.04 Å². The summed E-state index contributed by atoms with van der Waals surface area (Å²) < 4.78 is 4.90. The smallest absolute Gasteiger partial charge is 0.328 e. The second-order valence-electron chi connectivity index (χ2n) is 7.00. The number of carbonyl (C=O) groups is 3. The van der Waals surface area contributed by atoms with Gasteiger partial charge in [-0.1, -0.05) is 0 Å². The number of nitrogens with zero attached hydrogens (tertiary/aromatic N) is 2. The van der Waals surface area contributed by atoms with Gasteiger partial charge in [0.2, 0.25) is 5.91 Å². The van der Waals surface area contributed by atoms with Crippen LogP contribution < -0.4 is 5.32 Å². The normalized spacial score (nSPS) is 20.1. The number of amides is 3. The van der Waals surface area contributed by atoms with E-state index in [0.717, 1.165) is 38.8 Å². The van der Waals surface area contributed by atoms with Crippen LogP contribution in [0.25, 0.3) is 0 Å². The van der Waals surface area contributed by atoms with E-state index < -0.39 is 12.0 Å². The Morgan fingerprint density at radius 2 is 1.68 bits per heavy atom. The predicted molar refractivity (Wildman–Crippen MR) is 94.0 cm³/mol. The molecule has 142 valence electrons. The van der Waals surface area contributed by atoms with Crippen LogP contribution in [-0.2, 0) is 14.3 Å². The molecule has 1 N–H and O–H groups in total. The van der Waals surface area contributed by atoms with E-state index in [2.05, 4.69) is 5.32 Å². The van der Waals surface area contributed by atoms with Gasteiger partial charge in [0.15, 0.2) is 0 Å².